The summed E-state index contributed by atoms with van der Waals surface area (Å²) in [5.74, 6) is -3.09. The monoisotopic (exact) mass is 336 g/mol. The molecule has 4 fully saturated rings. The van der Waals surface area contributed by atoms with E-state index in [9.17, 15) is 24.3 Å². The fraction of sp³-hybridized carbons (Fsp3) is 0.750. The van der Waals surface area contributed by atoms with E-state index in [0.717, 1.165) is 30.6 Å². The van der Waals surface area contributed by atoms with Crippen molar-refractivity contribution in [2.75, 3.05) is 13.1 Å². The van der Waals surface area contributed by atoms with Crippen molar-refractivity contribution in [1.82, 2.24) is 9.80 Å². The standard InChI is InChI=1S/C16H20N2O6/c19-11(17-6-2-1-3-8(17)16(22)23)7-18-14(20)12-9-4-5-10(24-9)13(12)15(18)21/h8-10,12-13H,1-7H2,(H,22,23). The zero-order valence-electron chi connectivity index (χ0n) is 13.2. The second-order valence-electron chi connectivity index (χ2n) is 7.04. The number of hydrogen-bond acceptors (Lipinski definition) is 5. The van der Waals surface area contributed by atoms with Crippen LogP contribution in [-0.4, -0.2) is 69.9 Å². The summed E-state index contributed by atoms with van der Waals surface area (Å²) in [5.41, 5.74) is 0. The number of carbonyl (C=O) groups is 4. The Labute approximate surface area is 138 Å². The average Bonchev–Trinajstić information content (AvgIpc) is 3.24. The molecule has 0 aromatic rings. The largest absolute Gasteiger partial charge is 0.480 e. The number of ether oxygens (including phenoxy) is 1. The Hall–Kier alpha value is -1.96. The van der Waals surface area contributed by atoms with E-state index in [1.54, 1.807) is 0 Å². The van der Waals surface area contributed by atoms with Gasteiger partial charge in [-0.1, -0.05) is 0 Å². The van der Waals surface area contributed by atoms with Crippen LogP contribution in [0.1, 0.15) is 32.1 Å². The lowest BCUT2D eigenvalue weighted by atomic mass is 9.81. The molecule has 0 aromatic heterocycles. The number of rotatable bonds is 3. The molecule has 0 spiro atoms. The summed E-state index contributed by atoms with van der Waals surface area (Å²) >= 11 is 0. The number of aliphatic carboxylic acids is 1. The van der Waals surface area contributed by atoms with Crippen molar-refractivity contribution in [2.45, 2.75) is 50.4 Å². The van der Waals surface area contributed by atoms with Crippen molar-refractivity contribution in [2.24, 2.45) is 11.8 Å². The van der Waals surface area contributed by atoms with Crippen LogP contribution >= 0.6 is 0 Å². The maximum Gasteiger partial charge on any atom is 0.326 e. The van der Waals surface area contributed by atoms with Crippen LogP contribution in [-0.2, 0) is 23.9 Å². The highest BCUT2D eigenvalue weighted by Crippen LogP contribution is 2.48. The third-order valence-corrected chi connectivity index (χ3v) is 5.78. The highest BCUT2D eigenvalue weighted by molar-refractivity contribution is 6.08. The van der Waals surface area contributed by atoms with Gasteiger partial charge in [0, 0.05) is 6.54 Å². The summed E-state index contributed by atoms with van der Waals surface area (Å²) in [6, 6.07) is -0.863. The Morgan fingerprint density at radius 3 is 2.25 bits per heavy atom. The smallest absolute Gasteiger partial charge is 0.326 e. The third-order valence-electron chi connectivity index (χ3n) is 5.78. The van der Waals surface area contributed by atoms with Crippen LogP contribution in [0.4, 0.5) is 0 Å². The zero-order valence-corrected chi connectivity index (χ0v) is 13.2. The summed E-state index contributed by atoms with van der Waals surface area (Å²) in [6.07, 6.45) is 3.04. The molecule has 4 aliphatic rings. The van der Waals surface area contributed by atoms with Gasteiger partial charge in [0.05, 0.1) is 24.0 Å². The first-order valence-corrected chi connectivity index (χ1v) is 8.52. The summed E-state index contributed by atoms with van der Waals surface area (Å²) in [6.45, 7) is 0.00112. The minimum absolute atomic E-state index is 0.210. The maximum absolute atomic E-state index is 12.6. The predicted molar refractivity (Wildman–Crippen MR) is 78.6 cm³/mol. The molecule has 8 nitrogen and oxygen atoms in total. The molecule has 24 heavy (non-hydrogen) atoms. The van der Waals surface area contributed by atoms with Crippen molar-refractivity contribution in [1.29, 1.82) is 0 Å². The van der Waals surface area contributed by atoms with Gasteiger partial charge in [0.25, 0.3) is 0 Å². The van der Waals surface area contributed by atoms with Crippen LogP contribution in [0.15, 0.2) is 0 Å². The molecule has 5 atom stereocenters. The fourth-order valence-electron chi connectivity index (χ4n) is 4.64. The van der Waals surface area contributed by atoms with Crippen molar-refractivity contribution >= 4 is 23.7 Å². The first-order chi connectivity index (χ1) is 11.5. The number of carbonyl (C=O) groups excluding carboxylic acids is 3. The van der Waals surface area contributed by atoms with Crippen LogP contribution in [0.5, 0.6) is 0 Å². The fourth-order valence-corrected chi connectivity index (χ4v) is 4.64. The second-order valence-corrected chi connectivity index (χ2v) is 7.04. The van der Waals surface area contributed by atoms with E-state index < -0.39 is 29.8 Å². The Morgan fingerprint density at radius 2 is 1.67 bits per heavy atom. The SMILES string of the molecule is O=C(O)C1CCCCN1C(=O)CN1C(=O)C2C3CCC(O3)C2C1=O. The molecule has 5 unspecified atom stereocenters. The van der Waals surface area contributed by atoms with Gasteiger partial charge in [-0.25, -0.2) is 4.79 Å². The third kappa shape index (κ3) is 2.16. The van der Waals surface area contributed by atoms with Crippen LogP contribution < -0.4 is 0 Å². The highest BCUT2D eigenvalue weighted by atomic mass is 16.5. The van der Waals surface area contributed by atoms with Gasteiger partial charge in [-0.15, -0.1) is 0 Å². The molecule has 0 aliphatic carbocycles. The number of carboxylic acids is 1. The lowest BCUT2D eigenvalue weighted by Gasteiger charge is -2.34. The van der Waals surface area contributed by atoms with Crippen molar-refractivity contribution in [3.63, 3.8) is 0 Å². The number of carboxylic acid groups (broad SMARTS) is 1. The topological polar surface area (TPSA) is 104 Å². The number of imide groups is 1. The minimum atomic E-state index is -1.04. The molecule has 3 amide bonds. The lowest BCUT2D eigenvalue weighted by Crippen LogP contribution is -2.52. The summed E-state index contributed by atoms with van der Waals surface area (Å²) < 4.78 is 5.66. The van der Waals surface area contributed by atoms with Gasteiger partial charge in [0.1, 0.15) is 12.6 Å². The Morgan fingerprint density at radius 1 is 1.04 bits per heavy atom. The molecule has 4 rings (SSSR count). The molecule has 1 N–H and O–H groups in total. The minimum Gasteiger partial charge on any atom is -0.480 e. The van der Waals surface area contributed by atoms with E-state index in [0.29, 0.717) is 13.0 Å². The molecular weight excluding hydrogens is 316 g/mol. The van der Waals surface area contributed by atoms with Crippen LogP contribution in [0.2, 0.25) is 0 Å². The number of amides is 3. The molecule has 4 saturated heterocycles. The van der Waals surface area contributed by atoms with Gasteiger partial charge in [0.2, 0.25) is 17.7 Å². The van der Waals surface area contributed by atoms with Crippen LogP contribution in [0, 0.1) is 11.8 Å². The summed E-state index contributed by atoms with van der Waals surface area (Å²) in [4.78, 5) is 51.3. The normalized spacial score (nSPS) is 37.9. The molecule has 0 aromatic carbocycles. The number of likely N-dealkylation sites (tertiary alicyclic amines) is 2. The van der Waals surface area contributed by atoms with Crippen LogP contribution in [0.25, 0.3) is 0 Å². The molecule has 0 saturated carbocycles. The average molecular weight is 336 g/mol. The molecule has 4 aliphatic heterocycles. The van der Waals surface area contributed by atoms with Crippen LogP contribution in [0.3, 0.4) is 0 Å². The summed E-state index contributed by atoms with van der Waals surface area (Å²) in [7, 11) is 0. The second kappa shape index (κ2) is 5.54. The molecule has 4 heterocycles. The molecule has 0 radical (unpaired) electrons. The van der Waals surface area contributed by atoms with Crippen molar-refractivity contribution in [3.05, 3.63) is 0 Å². The van der Waals surface area contributed by atoms with E-state index in [1.807, 2.05) is 0 Å². The van der Waals surface area contributed by atoms with Gasteiger partial charge in [-0.2, -0.15) is 0 Å². The molecule has 8 heteroatoms. The van der Waals surface area contributed by atoms with Gasteiger partial charge in [-0.3, -0.25) is 19.3 Å². The van der Waals surface area contributed by atoms with Crippen molar-refractivity contribution in [3.8, 4) is 0 Å². The van der Waals surface area contributed by atoms with Gasteiger partial charge >= 0.3 is 5.97 Å². The lowest BCUT2D eigenvalue weighted by molar-refractivity contribution is -0.155. The number of hydrogen-bond donors (Lipinski definition) is 1. The highest BCUT2D eigenvalue weighted by Gasteiger charge is 2.62. The number of nitrogens with zero attached hydrogens (tertiary/aromatic N) is 2. The van der Waals surface area contributed by atoms with Gasteiger partial charge in [0.15, 0.2) is 0 Å². The van der Waals surface area contributed by atoms with Gasteiger partial charge < -0.3 is 14.7 Å². The molecule has 2 bridgehead atoms. The predicted octanol–water partition coefficient (Wildman–Crippen LogP) is -0.385. The van der Waals surface area contributed by atoms with E-state index in [1.165, 1.54) is 4.90 Å². The van der Waals surface area contributed by atoms with Gasteiger partial charge in [-0.05, 0) is 32.1 Å². The Kier molecular flexibility index (Phi) is 3.59. The van der Waals surface area contributed by atoms with Crippen molar-refractivity contribution < 1.29 is 29.0 Å². The Balaban J connectivity index is 1.49. The zero-order chi connectivity index (χ0) is 17.0. The first-order valence-electron chi connectivity index (χ1n) is 8.52. The Bertz CT molecular complexity index is 592. The molecular formula is C16H20N2O6. The van der Waals surface area contributed by atoms with E-state index in [-0.39, 0.29) is 30.6 Å². The number of fused-ring (bicyclic) bond motifs is 5. The van der Waals surface area contributed by atoms with E-state index in [2.05, 4.69) is 0 Å². The number of piperidine rings is 1. The molecule has 130 valence electrons. The summed E-state index contributed by atoms with van der Waals surface area (Å²) in [5, 5.41) is 9.27. The first kappa shape index (κ1) is 15.6. The maximum atomic E-state index is 12.6. The van der Waals surface area contributed by atoms with E-state index >= 15 is 0 Å². The quantitative estimate of drug-likeness (QED) is 0.704. The van der Waals surface area contributed by atoms with E-state index in [4.69, 9.17) is 4.74 Å².